The predicted octanol–water partition coefficient (Wildman–Crippen LogP) is 1.22. The van der Waals surface area contributed by atoms with E-state index in [1.165, 1.54) is 6.07 Å². The molecule has 0 aliphatic carbocycles. The number of aryl methyl sites for hydroxylation is 1. The smallest absolute Gasteiger partial charge is 0.327 e. The van der Waals surface area contributed by atoms with Gasteiger partial charge in [-0.15, -0.1) is 0 Å². The van der Waals surface area contributed by atoms with E-state index in [2.05, 4.69) is 5.32 Å². The van der Waals surface area contributed by atoms with Gasteiger partial charge in [-0.25, -0.2) is 4.90 Å². The highest BCUT2D eigenvalue weighted by molar-refractivity contribution is 6.24. The number of fused-ring (bicyclic) bond motifs is 1. The lowest BCUT2D eigenvalue weighted by molar-refractivity contribution is -0.150. The van der Waals surface area contributed by atoms with Crippen molar-refractivity contribution in [2.75, 3.05) is 11.5 Å². The van der Waals surface area contributed by atoms with E-state index < -0.39 is 47.8 Å². The molecule has 4 atom stereocenters. The average Bonchev–Trinajstić information content (AvgIpc) is 3.23. The van der Waals surface area contributed by atoms with E-state index in [0.29, 0.717) is 11.3 Å². The highest BCUT2D eigenvalue weighted by Crippen LogP contribution is 2.50. The number of carbonyl (C=O) groups is 3. The maximum atomic E-state index is 13.4. The van der Waals surface area contributed by atoms with Crippen LogP contribution in [0.1, 0.15) is 24.1 Å². The summed E-state index contributed by atoms with van der Waals surface area (Å²) < 4.78 is 0. The van der Waals surface area contributed by atoms with E-state index in [1.807, 2.05) is 6.92 Å². The Hall–Kier alpha value is -3.23. The topological polar surface area (TPSA) is 127 Å². The number of rotatable bonds is 5. The van der Waals surface area contributed by atoms with Crippen molar-refractivity contribution in [1.29, 1.82) is 0 Å². The zero-order valence-corrected chi connectivity index (χ0v) is 16.3. The highest BCUT2D eigenvalue weighted by Gasteiger charge is 2.69. The van der Waals surface area contributed by atoms with Crippen molar-refractivity contribution in [3.63, 3.8) is 0 Å². The molecule has 0 aromatic heterocycles. The first-order chi connectivity index (χ1) is 14.4. The summed E-state index contributed by atoms with van der Waals surface area (Å²) in [6.07, 6.45) is 0.791. The largest absolute Gasteiger partial charge is 0.508 e. The van der Waals surface area contributed by atoms with Crippen molar-refractivity contribution in [2.24, 2.45) is 11.8 Å². The number of carboxylic acids is 1. The number of anilines is 1. The van der Waals surface area contributed by atoms with Gasteiger partial charge in [-0.3, -0.25) is 19.7 Å². The van der Waals surface area contributed by atoms with E-state index in [1.54, 1.807) is 42.5 Å². The van der Waals surface area contributed by atoms with Crippen LogP contribution in [0.5, 0.6) is 5.75 Å². The summed E-state index contributed by atoms with van der Waals surface area (Å²) in [4.78, 5) is 39.9. The Kier molecular flexibility index (Phi) is 4.83. The van der Waals surface area contributed by atoms with E-state index in [-0.39, 0.29) is 5.75 Å². The number of phenols is 1. The van der Waals surface area contributed by atoms with Crippen LogP contribution in [0.4, 0.5) is 5.69 Å². The van der Waals surface area contributed by atoms with Crippen LogP contribution in [0.25, 0.3) is 0 Å². The van der Waals surface area contributed by atoms with Crippen LogP contribution in [0.3, 0.4) is 0 Å². The molecule has 2 aliphatic heterocycles. The molecule has 2 aliphatic rings. The van der Waals surface area contributed by atoms with Crippen molar-refractivity contribution in [2.45, 2.75) is 24.9 Å². The summed E-state index contributed by atoms with van der Waals surface area (Å²) in [5.41, 5.74) is -0.358. The molecule has 4 N–H and O–H groups in total. The summed E-state index contributed by atoms with van der Waals surface area (Å²) in [6, 6.07) is 12.2. The standard InChI is InChI=1S/C22H22N2O6/c1-2-12-7-9-13(10-8-12)24-19(27)16-17(20(24)28)22(11-25,21(29)30)23-18(16)14-5-3-4-6-15(14)26/h3-10,16-18,23,25-26H,2,11H2,1H3,(H,29,30). The number of carboxylic acid groups (broad SMARTS) is 1. The maximum Gasteiger partial charge on any atom is 0.327 e. The maximum absolute atomic E-state index is 13.4. The lowest BCUT2D eigenvalue weighted by Crippen LogP contribution is -2.58. The summed E-state index contributed by atoms with van der Waals surface area (Å²) in [7, 11) is 0. The Labute approximate surface area is 172 Å². The number of aromatic hydroxyl groups is 1. The number of aliphatic hydroxyl groups excluding tert-OH is 1. The highest BCUT2D eigenvalue weighted by atomic mass is 16.4. The average molecular weight is 410 g/mol. The third-order valence-corrected chi connectivity index (χ3v) is 6.16. The quantitative estimate of drug-likeness (QED) is 0.546. The van der Waals surface area contributed by atoms with Gasteiger partial charge in [0.2, 0.25) is 11.8 Å². The van der Waals surface area contributed by atoms with Crippen LogP contribution in [0.2, 0.25) is 0 Å². The molecule has 2 amide bonds. The number of benzene rings is 2. The van der Waals surface area contributed by atoms with Gasteiger partial charge in [0.15, 0.2) is 5.54 Å². The number of hydrogen-bond donors (Lipinski definition) is 4. The zero-order chi connectivity index (χ0) is 21.6. The molecule has 4 rings (SSSR count). The Morgan fingerprint density at radius 3 is 2.33 bits per heavy atom. The molecule has 8 heteroatoms. The first kappa shape index (κ1) is 20.1. The molecule has 8 nitrogen and oxygen atoms in total. The molecular weight excluding hydrogens is 388 g/mol. The molecule has 2 fully saturated rings. The fourth-order valence-corrected chi connectivity index (χ4v) is 4.57. The number of phenolic OH excluding ortho intramolecular Hbond substituents is 1. The van der Waals surface area contributed by atoms with Gasteiger partial charge in [-0.1, -0.05) is 37.3 Å². The first-order valence-corrected chi connectivity index (χ1v) is 9.72. The Bertz CT molecular complexity index is 1020. The van der Waals surface area contributed by atoms with Crippen LogP contribution in [-0.2, 0) is 20.8 Å². The van der Waals surface area contributed by atoms with E-state index in [9.17, 15) is 29.7 Å². The molecule has 0 bridgehead atoms. The van der Waals surface area contributed by atoms with Crippen LogP contribution >= 0.6 is 0 Å². The van der Waals surface area contributed by atoms with Crippen molar-refractivity contribution in [3.05, 3.63) is 59.7 Å². The Morgan fingerprint density at radius 2 is 1.77 bits per heavy atom. The van der Waals surface area contributed by atoms with Gasteiger partial charge < -0.3 is 15.3 Å². The molecule has 2 heterocycles. The molecule has 0 radical (unpaired) electrons. The minimum absolute atomic E-state index is 0.126. The number of aliphatic carboxylic acids is 1. The minimum atomic E-state index is -2.04. The number of hydrogen-bond acceptors (Lipinski definition) is 6. The molecule has 2 aromatic rings. The summed E-state index contributed by atoms with van der Waals surface area (Å²) in [5.74, 6) is -5.20. The number of imide groups is 1. The normalized spacial score (nSPS) is 28.1. The van der Waals surface area contributed by atoms with Crippen molar-refractivity contribution in [3.8, 4) is 5.75 Å². The van der Waals surface area contributed by atoms with Crippen LogP contribution < -0.4 is 10.2 Å². The second-order valence-corrected chi connectivity index (χ2v) is 7.65. The number of para-hydroxylation sites is 1. The SMILES string of the molecule is CCc1ccc(N2C(=O)C3C(c4ccccc4O)NC(CO)(C(=O)O)C3C2=O)cc1. The van der Waals surface area contributed by atoms with Gasteiger partial charge in [-0.05, 0) is 30.2 Å². The van der Waals surface area contributed by atoms with Gasteiger partial charge in [0.05, 0.1) is 24.1 Å². The fourth-order valence-electron chi connectivity index (χ4n) is 4.57. The van der Waals surface area contributed by atoms with Gasteiger partial charge in [0.25, 0.3) is 0 Å². The predicted molar refractivity (Wildman–Crippen MR) is 107 cm³/mol. The summed E-state index contributed by atoms with van der Waals surface area (Å²) >= 11 is 0. The van der Waals surface area contributed by atoms with Gasteiger partial charge in [0.1, 0.15) is 5.75 Å². The van der Waals surface area contributed by atoms with Gasteiger partial charge in [0, 0.05) is 11.6 Å². The molecular formula is C22H22N2O6. The molecule has 4 unspecified atom stereocenters. The molecule has 2 aromatic carbocycles. The second kappa shape index (κ2) is 7.23. The van der Waals surface area contributed by atoms with E-state index in [0.717, 1.165) is 16.9 Å². The van der Waals surface area contributed by atoms with E-state index in [4.69, 9.17) is 0 Å². The third-order valence-electron chi connectivity index (χ3n) is 6.16. The first-order valence-electron chi connectivity index (χ1n) is 9.72. The Balaban J connectivity index is 1.84. The van der Waals surface area contributed by atoms with Crippen molar-refractivity contribution >= 4 is 23.5 Å². The monoisotopic (exact) mass is 410 g/mol. The minimum Gasteiger partial charge on any atom is -0.508 e. The lowest BCUT2D eigenvalue weighted by atomic mass is 9.79. The summed E-state index contributed by atoms with van der Waals surface area (Å²) in [6.45, 7) is 1.10. The Morgan fingerprint density at radius 1 is 1.10 bits per heavy atom. The summed E-state index contributed by atoms with van der Waals surface area (Å²) in [5, 5.41) is 33.0. The molecule has 30 heavy (non-hydrogen) atoms. The molecule has 0 spiro atoms. The zero-order valence-electron chi connectivity index (χ0n) is 16.3. The molecule has 2 saturated heterocycles. The number of carbonyl (C=O) groups excluding carboxylic acids is 2. The van der Waals surface area contributed by atoms with Crippen LogP contribution in [-0.4, -0.2) is 45.2 Å². The number of aliphatic hydroxyl groups is 1. The fraction of sp³-hybridized carbons (Fsp3) is 0.318. The molecule has 0 saturated carbocycles. The van der Waals surface area contributed by atoms with Crippen molar-refractivity contribution < 1.29 is 29.7 Å². The number of nitrogens with zero attached hydrogens (tertiary/aromatic N) is 1. The second-order valence-electron chi connectivity index (χ2n) is 7.65. The van der Waals surface area contributed by atoms with Crippen LogP contribution in [0.15, 0.2) is 48.5 Å². The number of amides is 2. The van der Waals surface area contributed by atoms with Crippen molar-refractivity contribution in [1.82, 2.24) is 5.32 Å². The van der Waals surface area contributed by atoms with Gasteiger partial charge in [-0.2, -0.15) is 0 Å². The van der Waals surface area contributed by atoms with Crippen LogP contribution in [0, 0.1) is 11.8 Å². The van der Waals surface area contributed by atoms with Gasteiger partial charge >= 0.3 is 5.97 Å². The number of nitrogens with one attached hydrogen (secondary N) is 1. The van der Waals surface area contributed by atoms with E-state index >= 15 is 0 Å². The lowest BCUT2D eigenvalue weighted by Gasteiger charge is -2.29. The molecule has 156 valence electrons. The third kappa shape index (κ3) is 2.72.